The molecule has 2 heterocycles. The molecule has 1 atom stereocenters. The second kappa shape index (κ2) is 11.0. The van der Waals surface area contributed by atoms with Gasteiger partial charge in [-0.25, -0.2) is 14.8 Å². The Balaban J connectivity index is 1.59. The second-order valence-electron chi connectivity index (χ2n) is 10.6. The monoisotopic (exact) mass is 555 g/mol. The number of halogens is 3. The molecule has 212 valence electrons. The Kier molecular flexibility index (Phi) is 7.59. The van der Waals surface area contributed by atoms with E-state index in [2.05, 4.69) is 4.99 Å². The maximum absolute atomic E-state index is 13.2. The number of carbonyl (C=O) groups is 1. The molecule has 0 amide bonds. The Bertz CT molecular complexity index is 1410. The molecule has 40 heavy (non-hydrogen) atoms. The number of nitrogens with zero attached hydrogens (tertiary/aromatic N) is 4. The van der Waals surface area contributed by atoms with Crippen molar-refractivity contribution in [1.29, 1.82) is 0 Å². The average Bonchev–Trinajstić information content (AvgIpc) is 3.22. The molecule has 1 unspecified atom stereocenters. The van der Waals surface area contributed by atoms with Gasteiger partial charge in [-0.15, -0.1) is 0 Å². The van der Waals surface area contributed by atoms with Crippen LogP contribution in [0.15, 0.2) is 53.5 Å². The number of carboxylic acids is 1. The largest absolute Gasteiger partial charge is 0.491 e. The highest BCUT2D eigenvalue weighted by atomic mass is 19.4. The van der Waals surface area contributed by atoms with Gasteiger partial charge in [-0.2, -0.15) is 13.2 Å². The highest BCUT2D eigenvalue weighted by molar-refractivity contribution is 6.35. The number of aliphatic imine (C=N–C) groups is 1. The standard InChI is InChI=1S/C29H32F3N5O3/c1-17(2)40-22-8-4-7-20(15-22)26-34-25-23(37(26)16-19-9-11-21(12-10-19)29(30,31)32)24(33)36(27(35-25)28(38)39)14-13-18-5-3-6-18/h4,7-12,15,17-18,24H,3,5-6,13-14,16,33H2,1-2H3,(H,38,39). The van der Waals surface area contributed by atoms with Gasteiger partial charge in [0.25, 0.3) is 0 Å². The normalized spacial score (nSPS) is 17.4. The third kappa shape index (κ3) is 5.70. The molecule has 3 aromatic rings. The lowest BCUT2D eigenvalue weighted by Crippen LogP contribution is -2.46. The van der Waals surface area contributed by atoms with E-state index in [1.807, 2.05) is 42.7 Å². The SMILES string of the molecule is CC(C)Oc1cccc(-c2nc3c(n2Cc2ccc(C(F)(F)F)cc2)C(N)N(CCC2CCC2)C(C(=O)O)=N3)c1. The summed E-state index contributed by atoms with van der Waals surface area (Å²) in [5, 5.41) is 9.96. The zero-order chi connectivity index (χ0) is 28.6. The van der Waals surface area contributed by atoms with Crippen molar-refractivity contribution >= 4 is 17.6 Å². The summed E-state index contributed by atoms with van der Waals surface area (Å²) in [6.07, 6.45) is -1.18. The number of hydrogen-bond acceptors (Lipinski definition) is 6. The molecule has 3 N–H and O–H groups in total. The summed E-state index contributed by atoms with van der Waals surface area (Å²) in [6.45, 7) is 4.41. The minimum Gasteiger partial charge on any atom is -0.491 e. The maximum Gasteiger partial charge on any atom is 0.416 e. The Morgan fingerprint density at radius 3 is 2.50 bits per heavy atom. The van der Waals surface area contributed by atoms with E-state index in [1.54, 1.807) is 4.90 Å². The summed E-state index contributed by atoms with van der Waals surface area (Å²) in [4.78, 5) is 22.9. The van der Waals surface area contributed by atoms with Gasteiger partial charge in [-0.05, 0) is 56.0 Å². The molecule has 1 aliphatic carbocycles. The van der Waals surface area contributed by atoms with Gasteiger partial charge in [0.1, 0.15) is 23.4 Å². The number of ether oxygens (including phenoxy) is 1. The van der Waals surface area contributed by atoms with Crippen molar-refractivity contribution < 1.29 is 27.8 Å². The third-order valence-electron chi connectivity index (χ3n) is 7.37. The van der Waals surface area contributed by atoms with Gasteiger partial charge >= 0.3 is 12.1 Å². The van der Waals surface area contributed by atoms with E-state index in [1.165, 1.54) is 18.6 Å². The fourth-order valence-electron chi connectivity index (χ4n) is 5.13. The number of nitrogens with two attached hydrogens (primary N) is 1. The molecule has 5 rings (SSSR count). The van der Waals surface area contributed by atoms with Gasteiger partial charge in [0.15, 0.2) is 5.82 Å². The van der Waals surface area contributed by atoms with E-state index < -0.39 is 23.9 Å². The first-order chi connectivity index (χ1) is 19.0. The van der Waals surface area contributed by atoms with E-state index in [9.17, 15) is 23.1 Å². The predicted molar refractivity (Wildman–Crippen MR) is 144 cm³/mol. The highest BCUT2D eigenvalue weighted by Gasteiger charge is 2.37. The van der Waals surface area contributed by atoms with E-state index in [0.717, 1.165) is 31.4 Å². The van der Waals surface area contributed by atoms with Gasteiger partial charge in [0.2, 0.25) is 5.84 Å². The lowest BCUT2D eigenvalue weighted by molar-refractivity contribution is -0.137. The van der Waals surface area contributed by atoms with Crippen molar-refractivity contribution in [3.05, 3.63) is 65.4 Å². The Morgan fingerprint density at radius 2 is 1.90 bits per heavy atom. The number of aromatic nitrogens is 2. The highest BCUT2D eigenvalue weighted by Crippen LogP contribution is 2.39. The molecule has 1 aliphatic heterocycles. The zero-order valence-corrected chi connectivity index (χ0v) is 22.4. The van der Waals surface area contributed by atoms with Crippen LogP contribution in [0.5, 0.6) is 5.75 Å². The number of carboxylic acid groups (broad SMARTS) is 1. The summed E-state index contributed by atoms with van der Waals surface area (Å²) >= 11 is 0. The number of alkyl halides is 3. The molecule has 2 aliphatic rings. The van der Waals surface area contributed by atoms with E-state index in [0.29, 0.717) is 40.9 Å². The number of fused-ring (bicyclic) bond motifs is 1. The molecule has 0 spiro atoms. The maximum atomic E-state index is 13.2. The van der Waals surface area contributed by atoms with E-state index in [-0.39, 0.29) is 24.3 Å². The summed E-state index contributed by atoms with van der Waals surface area (Å²) < 4.78 is 47.2. The fraction of sp³-hybridized carbons (Fsp3) is 0.414. The van der Waals surface area contributed by atoms with Gasteiger partial charge in [-0.3, -0.25) is 0 Å². The van der Waals surface area contributed by atoms with E-state index in [4.69, 9.17) is 15.5 Å². The van der Waals surface area contributed by atoms with Crippen LogP contribution in [0.25, 0.3) is 11.4 Å². The van der Waals surface area contributed by atoms with E-state index >= 15 is 0 Å². The molecule has 11 heteroatoms. The third-order valence-corrected chi connectivity index (χ3v) is 7.37. The average molecular weight is 556 g/mol. The lowest BCUT2D eigenvalue weighted by Gasteiger charge is -2.36. The minimum atomic E-state index is -4.44. The Morgan fingerprint density at radius 1 is 1.18 bits per heavy atom. The second-order valence-corrected chi connectivity index (χ2v) is 10.6. The number of benzene rings is 2. The summed E-state index contributed by atoms with van der Waals surface area (Å²) in [6, 6.07) is 12.2. The summed E-state index contributed by atoms with van der Waals surface area (Å²) in [5.74, 6) is 0.434. The lowest BCUT2D eigenvalue weighted by atomic mass is 9.83. The van der Waals surface area contributed by atoms with Crippen LogP contribution in [-0.2, 0) is 17.5 Å². The van der Waals surface area contributed by atoms with Crippen molar-refractivity contribution in [3.63, 3.8) is 0 Å². The molecule has 0 bridgehead atoms. The summed E-state index contributed by atoms with van der Waals surface area (Å²) in [7, 11) is 0. The van der Waals surface area contributed by atoms with Crippen LogP contribution in [0, 0.1) is 5.92 Å². The van der Waals surface area contributed by atoms with Gasteiger partial charge in [-0.1, -0.05) is 43.5 Å². The predicted octanol–water partition coefficient (Wildman–Crippen LogP) is 5.98. The first-order valence-electron chi connectivity index (χ1n) is 13.4. The summed E-state index contributed by atoms with van der Waals surface area (Å²) in [5.41, 5.74) is 7.78. The molecule has 1 aromatic heterocycles. The Hall–Kier alpha value is -3.86. The van der Waals surface area contributed by atoms with Crippen LogP contribution in [0.1, 0.15) is 62.5 Å². The van der Waals surface area contributed by atoms with Crippen molar-refractivity contribution in [1.82, 2.24) is 14.5 Å². The molecule has 8 nitrogen and oxygen atoms in total. The van der Waals surface area contributed by atoms with Crippen LogP contribution in [0.2, 0.25) is 0 Å². The van der Waals surface area contributed by atoms with Crippen LogP contribution in [0.3, 0.4) is 0 Å². The first kappa shape index (κ1) is 27.7. The first-order valence-corrected chi connectivity index (χ1v) is 13.4. The number of aliphatic carboxylic acids is 1. The molecule has 1 fully saturated rings. The molecular formula is C29H32F3N5O3. The quantitative estimate of drug-likeness (QED) is 0.336. The molecule has 0 radical (unpaired) electrons. The zero-order valence-electron chi connectivity index (χ0n) is 22.4. The van der Waals surface area contributed by atoms with Crippen LogP contribution in [-0.4, -0.2) is 44.0 Å². The molecule has 1 saturated carbocycles. The van der Waals surface area contributed by atoms with Crippen LogP contribution in [0.4, 0.5) is 19.0 Å². The van der Waals surface area contributed by atoms with Crippen LogP contribution >= 0.6 is 0 Å². The van der Waals surface area contributed by atoms with Gasteiger partial charge < -0.3 is 25.0 Å². The topological polar surface area (TPSA) is 106 Å². The molecule has 2 aromatic carbocycles. The molecular weight excluding hydrogens is 523 g/mol. The van der Waals surface area contributed by atoms with Crippen molar-refractivity contribution in [2.75, 3.05) is 6.54 Å². The molecule has 0 saturated heterocycles. The fourth-order valence-corrected chi connectivity index (χ4v) is 5.13. The van der Waals surface area contributed by atoms with Crippen molar-refractivity contribution in [2.45, 2.75) is 64.5 Å². The smallest absolute Gasteiger partial charge is 0.416 e. The number of rotatable bonds is 9. The number of amidine groups is 1. The Labute approximate surface area is 230 Å². The van der Waals surface area contributed by atoms with Gasteiger partial charge in [0.05, 0.1) is 11.7 Å². The minimum absolute atomic E-state index is 0.0595. The van der Waals surface area contributed by atoms with Crippen molar-refractivity contribution in [3.8, 4) is 17.1 Å². The number of hydrogen-bond donors (Lipinski definition) is 2. The van der Waals surface area contributed by atoms with Crippen molar-refractivity contribution in [2.24, 2.45) is 16.6 Å². The van der Waals surface area contributed by atoms with Crippen LogP contribution < -0.4 is 10.5 Å². The van der Waals surface area contributed by atoms with Gasteiger partial charge in [0, 0.05) is 18.7 Å². The number of imidazole rings is 1.